The van der Waals surface area contributed by atoms with Gasteiger partial charge in [0.1, 0.15) is 17.6 Å². The predicted molar refractivity (Wildman–Crippen MR) is 135 cm³/mol. The van der Waals surface area contributed by atoms with Gasteiger partial charge in [0.05, 0.1) is 16.6 Å². The molecule has 1 aromatic heterocycles. The number of rotatable bonds is 4. The monoisotopic (exact) mass is 572 g/mol. The lowest BCUT2D eigenvalue weighted by Crippen LogP contribution is -2.55. The van der Waals surface area contributed by atoms with Crippen LogP contribution in [0.25, 0.3) is 10.9 Å². The fraction of sp³-hybridized carbons (Fsp3) is 0.609. The van der Waals surface area contributed by atoms with E-state index in [9.17, 15) is 14.7 Å². The Bertz CT molecular complexity index is 1160. The number of hydrogen-bond donors (Lipinski definition) is 2. The summed E-state index contributed by atoms with van der Waals surface area (Å²) in [7, 11) is 0. The van der Waals surface area contributed by atoms with Gasteiger partial charge in [0.15, 0.2) is 5.75 Å². The van der Waals surface area contributed by atoms with E-state index in [4.69, 9.17) is 25.8 Å². The fourth-order valence-electron chi connectivity index (χ4n) is 4.34. The van der Waals surface area contributed by atoms with E-state index in [0.29, 0.717) is 55.7 Å². The van der Waals surface area contributed by atoms with Crippen molar-refractivity contribution in [3.05, 3.63) is 26.0 Å². The van der Waals surface area contributed by atoms with Gasteiger partial charge in [-0.05, 0) is 55.6 Å². The molecule has 0 radical (unpaired) electrons. The van der Waals surface area contributed by atoms with Crippen LogP contribution in [0, 0.1) is 0 Å². The molecule has 0 bridgehead atoms. The number of carbonyl (C=O) groups is 1. The molecule has 10 nitrogen and oxygen atoms in total. The molecule has 0 aliphatic carbocycles. The van der Waals surface area contributed by atoms with E-state index in [1.54, 1.807) is 15.5 Å². The molecule has 1 aromatic carbocycles. The molecule has 2 aliphatic rings. The molecule has 35 heavy (non-hydrogen) atoms. The first-order valence-corrected chi connectivity index (χ1v) is 12.8. The molecule has 0 spiro atoms. The van der Waals surface area contributed by atoms with Crippen LogP contribution in [0.5, 0.6) is 11.6 Å². The van der Waals surface area contributed by atoms with E-state index in [1.807, 2.05) is 20.8 Å². The number of piperazine rings is 1. The van der Waals surface area contributed by atoms with Crippen LogP contribution in [0.1, 0.15) is 39.7 Å². The molecule has 12 heteroatoms. The highest BCUT2D eigenvalue weighted by Gasteiger charge is 2.29. The fourth-order valence-corrected chi connectivity index (χ4v) is 4.95. The standard InChI is InChI=1S/C23H30BrClN4O6/c1-23(2,3)35-22(32)28-7-6-26-13(11-28)12-34-19-17-16(10-15(24)18(19)25)29(21(31)27-20(17)30)14-4-8-33-9-5-14/h10,13-14,26H,4-9,11-12H2,1-3H3,(H,27,30,31)/t13-/m0/s1. The van der Waals surface area contributed by atoms with Crippen molar-refractivity contribution in [3.63, 3.8) is 0 Å². The van der Waals surface area contributed by atoms with E-state index in [2.05, 4.69) is 26.2 Å². The Labute approximate surface area is 216 Å². The minimum atomic E-state index is -0.582. The van der Waals surface area contributed by atoms with Crippen molar-refractivity contribution in [1.82, 2.24) is 19.8 Å². The number of aromatic nitrogens is 2. The second kappa shape index (κ2) is 10.5. The Morgan fingerprint density at radius 3 is 2.77 bits per heavy atom. The number of amides is 1. The lowest BCUT2D eigenvalue weighted by molar-refractivity contribution is 0.0178. The van der Waals surface area contributed by atoms with Gasteiger partial charge in [-0.3, -0.25) is 4.57 Å². The number of nitrogens with one attached hydrogen (secondary N) is 1. The molecule has 0 unspecified atom stereocenters. The summed E-state index contributed by atoms with van der Waals surface area (Å²) in [5.41, 5.74) is -0.640. The average Bonchev–Trinajstić information content (AvgIpc) is 2.79. The summed E-state index contributed by atoms with van der Waals surface area (Å²) in [6.45, 7) is 8.22. The summed E-state index contributed by atoms with van der Waals surface area (Å²) in [6.07, 6.45) is 0.937. The zero-order valence-electron chi connectivity index (χ0n) is 20.0. The predicted octanol–water partition coefficient (Wildman–Crippen LogP) is 3.46. The third kappa shape index (κ3) is 5.84. The summed E-state index contributed by atoms with van der Waals surface area (Å²) in [5.74, 6) is -0.220. The van der Waals surface area contributed by atoms with Gasteiger partial charge in [0, 0.05) is 43.4 Å². The highest BCUT2D eigenvalue weighted by Crippen LogP contribution is 2.43. The number of ether oxygens (including phenoxy) is 3. The zero-order chi connectivity index (χ0) is 25.3. The van der Waals surface area contributed by atoms with Crippen LogP contribution in [0.4, 0.5) is 4.79 Å². The highest BCUT2D eigenvalue weighted by molar-refractivity contribution is 9.10. The first kappa shape index (κ1) is 26.0. The maximum absolute atomic E-state index is 12.8. The molecule has 0 saturated carbocycles. The lowest BCUT2D eigenvalue weighted by Gasteiger charge is -2.34. The maximum Gasteiger partial charge on any atom is 0.410 e. The van der Waals surface area contributed by atoms with Crippen molar-refractivity contribution in [2.75, 3.05) is 39.5 Å². The number of fused-ring (bicyclic) bond motifs is 1. The summed E-state index contributed by atoms with van der Waals surface area (Å²) in [5, 5.41) is 14.5. The van der Waals surface area contributed by atoms with Gasteiger partial charge < -0.3 is 29.5 Å². The van der Waals surface area contributed by atoms with Gasteiger partial charge in [-0.1, -0.05) is 11.6 Å². The molecule has 4 rings (SSSR count). The second-order valence-electron chi connectivity index (χ2n) is 9.72. The number of hydrogen-bond acceptors (Lipinski definition) is 8. The Hall–Kier alpha value is -2.08. The van der Waals surface area contributed by atoms with Gasteiger partial charge in [-0.25, -0.2) is 9.59 Å². The number of benzene rings is 1. The summed E-state index contributed by atoms with van der Waals surface area (Å²) < 4.78 is 19.1. The Morgan fingerprint density at radius 1 is 1.37 bits per heavy atom. The first-order chi connectivity index (χ1) is 16.5. The Kier molecular flexibility index (Phi) is 7.80. The van der Waals surface area contributed by atoms with Crippen LogP contribution >= 0.6 is 27.5 Å². The van der Waals surface area contributed by atoms with Crippen molar-refractivity contribution in [3.8, 4) is 11.6 Å². The molecule has 1 amide bonds. The van der Waals surface area contributed by atoms with Crippen molar-refractivity contribution in [2.24, 2.45) is 0 Å². The zero-order valence-corrected chi connectivity index (χ0v) is 22.3. The average molecular weight is 574 g/mol. The van der Waals surface area contributed by atoms with Crippen LogP contribution in [-0.2, 0) is 9.47 Å². The van der Waals surface area contributed by atoms with Crippen LogP contribution in [0.2, 0.25) is 5.02 Å². The Balaban J connectivity index is 1.61. The summed E-state index contributed by atoms with van der Waals surface area (Å²) >= 11 is 10.0. The number of aromatic hydroxyl groups is 1. The number of nitrogens with zero attached hydrogens (tertiary/aromatic N) is 3. The normalized spacial score (nSPS) is 19.7. The van der Waals surface area contributed by atoms with Gasteiger partial charge in [0.25, 0.3) is 0 Å². The first-order valence-electron chi connectivity index (χ1n) is 11.6. The van der Waals surface area contributed by atoms with E-state index < -0.39 is 17.2 Å². The second-order valence-corrected chi connectivity index (χ2v) is 10.9. The van der Waals surface area contributed by atoms with Crippen molar-refractivity contribution in [1.29, 1.82) is 0 Å². The van der Waals surface area contributed by atoms with Crippen LogP contribution in [-0.4, -0.2) is 76.7 Å². The maximum atomic E-state index is 12.8. The molecule has 2 saturated heterocycles. The van der Waals surface area contributed by atoms with Crippen molar-refractivity contribution < 1.29 is 24.1 Å². The number of carbonyl (C=O) groups excluding carboxylic acids is 1. The van der Waals surface area contributed by atoms with Crippen LogP contribution < -0.4 is 15.7 Å². The van der Waals surface area contributed by atoms with E-state index in [0.717, 1.165) is 0 Å². The number of halogens is 2. The van der Waals surface area contributed by atoms with E-state index in [-0.39, 0.29) is 40.9 Å². The third-order valence-corrected chi connectivity index (χ3v) is 7.17. The van der Waals surface area contributed by atoms with Crippen LogP contribution in [0.3, 0.4) is 0 Å². The van der Waals surface area contributed by atoms with Crippen LogP contribution in [0.15, 0.2) is 15.3 Å². The van der Waals surface area contributed by atoms with Gasteiger partial charge in [0.2, 0.25) is 5.88 Å². The molecule has 192 valence electrons. The minimum Gasteiger partial charge on any atom is -0.493 e. The highest BCUT2D eigenvalue weighted by atomic mass is 79.9. The summed E-state index contributed by atoms with van der Waals surface area (Å²) in [6, 6.07) is 1.39. The molecule has 2 aliphatic heterocycles. The smallest absolute Gasteiger partial charge is 0.410 e. The van der Waals surface area contributed by atoms with E-state index in [1.165, 1.54) is 0 Å². The molecule has 1 atom stereocenters. The lowest BCUT2D eigenvalue weighted by atomic mass is 10.1. The topological polar surface area (TPSA) is 115 Å². The van der Waals surface area contributed by atoms with E-state index >= 15 is 0 Å². The molecule has 2 fully saturated rings. The molecule has 2 N–H and O–H groups in total. The SMILES string of the molecule is CC(C)(C)OC(=O)N1CCN[C@H](COc2c(Cl)c(Br)cc3c2c(O)nc(=O)n3C2CCOCC2)C1. The minimum absolute atomic E-state index is 0.116. The van der Waals surface area contributed by atoms with Gasteiger partial charge in [-0.15, -0.1) is 0 Å². The van der Waals surface area contributed by atoms with Gasteiger partial charge in [-0.2, -0.15) is 4.98 Å². The van der Waals surface area contributed by atoms with Crippen molar-refractivity contribution in [2.45, 2.75) is 51.3 Å². The molecular weight excluding hydrogens is 544 g/mol. The summed E-state index contributed by atoms with van der Waals surface area (Å²) in [4.78, 5) is 30.8. The third-order valence-electron chi connectivity index (χ3n) is 5.94. The van der Waals surface area contributed by atoms with Crippen molar-refractivity contribution >= 4 is 44.5 Å². The molecular formula is C23H30BrClN4O6. The molecule has 2 aromatic rings. The molecule has 3 heterocycles. The van der Waals surface area contributed by atoms with Gasteiger partial charge >= 0.3 is 11.8 Å². The quantitative estimate of drug-likeness (QED) is 0.572. The Morgan fingerprint density at radius 2 is 2.09 bits per heavy atom. The largest absolute Gasteiger partial charge is 0.493 e.